The van der Waals surface area contributed by atoms with E-state index in [4.69, 9.17) is 4.74 Å². The minimum Gasteiger partial charge on any atom is -0.508 e. The molecule has 2 aliphatic heterocycles. The first kappa shape index (κ1) is 28.7. The third-order valence-electron chi connectivity index (χ3n) is 6.45. The molecule has 204 valence electrons. The molecule has 2 fully saturated rings. The van der Waals surface area contributed by atoms with Crippen molar-refractivity contribution in [2.45, 2.75) is 49.2 Å². The van der Waals surface area contributed by atoms with Crippen molar-refractivity contribution < 1.29 is 29.3 Å². The number of carboxylic acid groups (broad SMARTS) is 1. The van der Waals surface area contributed by atoms with Gasteiger partial charge in [0.05, 0.1) is 6.10 Å². The summed E-state index contributed by atoms with van der Waals surface area (Å²) in [4.78, 5) is 40.3. The summed E-state index contributed by atoms with van der Waals surface area (Å²) in [6.07, 6.45) is 2.79. The third-order valence-corrected chi connectivity index (χ3v) is 10.2. The zero-order valence-electron chi connectivity index (χ0n) is 20.9. The van der Waals surface area contributed by atoms with Crippen molar-refractivity contribution in [3.05, 3.63) is 65.7 Å². The number of aromatic hydroxyl groups is 1. The Kier molecular flexibility index (Phi) is 10.7. The van der Waals surface area contributed by atoms with Gasteiger partial charge in [0.25, 0.3) is 0 Å². The number of hydrogen-bond acceptors (Lipinski definition) is 8. The average molecular weight is 577 g/mol. The van der Waals surface area contributed by atoms with E-state index in [0.29, 0.717) is 17.1 Å². The van der Waals surface area contributed by atoms with Crippen LogP contribution >= 0.6 is 33.3 Å². The second-order valence-corrected chi connectivity index (χ2v) is 12.9. The van der Waals surface area contributed by atoms with Gasteiger partial charge in [-0.3, -0.25) is 9.59 Å². The van der Waals surface area contributed by atoms with Crippen molar-refractivity contribution in [3.8, 4) is 5.75 Å². The van der Waals surface area contributed by atoms with Crippen LogP contribution in [0.2, 0.25) is 0 Å². The van der Waals surface area contributed by atoms with Crippen molar-refractivity contribution in [1.29, 1.82) is 0 Å². The number of rotatable bonds is 12. The lowest BCUT2D eigenvalue weighted by Gasteiger charge is -2.30. The number of benzene rings is 2. The Morgan fingerprint density at radius 2 is 1.87 bits per heavy atom. The number of amides is 2. The Bertz CT molecular complexity index is 1100. The molecule has 38 heavy (non-hydrogen) atoms. The van der Waals surface area contributed by atoms with E-state index in [1.165, 1.54) is 16.7 Å². The van der Waals surface area contributed by atoms with E-state index in [1.807, 2.05) is 30.3 Å². The first-order valence-electron chi connectivity index (χ1n) is 12.6. The fourth-order valence-electron chi connectivity index (χ4n) is 4.48. The standard InChI is InChI=1S/C27H32N2O6S3/c30-23-11-5-4-10-20(23)26-29(24(31)12-14-37-38-16-19-9-6-13-35-19)22(17-36-26)25(32)28-21(27(33)34)15-18-7-2-1-3-8-18/h1-5,7-8,10-11,19,21-22,26,30H,6,9,12-17H2,(H,28,32)(H,33,34)/t19-,21-,22-,26+/m0/s1. The minimum atomic E-state index is -1.14. The van der Waals surface area contributed by atoms with E-state index in [2.05, 4.69) is 5.32 Å². The Morgan fingerprint density at radius 1 is 1.11 bits per heavy atom. The molecule has 0 bridgehead atoms. The molecular weight excluding hydrogens is 545 g/mol. The van der Waals surface area contributed by atoms with E-state index >= 15 is 0 Å². The Labute approximate surface area is 234 Å². The van der Waals surface area contributed by atoms with E-state index in [-0.39, 0.29) is 30.6 Å². The van der Waals surface area contributed by atoms with Gasteiger partial charge in [0.1, 0.15) is 23.2 Å². The lowest BCUT2D eigenvalue weighted by atomic mass is 10.1. The maximum Gasteiger partial charge on any atom is 0.326 e. The molecule has 3 N–H and O–H groups in total. The molecule has 0 saturated carbocycles. The predicted molar refractivity (Wildman–Crippen MR) is 152 cm³/mol. The number of phenolic OH excluding ortho intramolecular Hbond substituents is 1. The fraction of sp³-hybridized carbons (Fsp3) is 0.444. The highest BCUT2D eigenvalue weighted by atomic mass is 33.1. The topological polar surface area (TPSA) is 116 Å². The normalized spacial score (nSPS) is 21.8. The van der Waals surface area contributed by atoms with E-state index in [0.717, 1.165) is 30.8 Å². The van der Waals surface area contributed by atoms with Gasteiger partial charge in [0, 0.05) is 42.3 Å². The average Bonchev–Trinajstić information content (AvgIpc) is 3.59. The molecule has 4 rings (SSSR count). The van der Waals surface area contributed by atoms with Crippen LogP contribution in [0.4, 0.5) is 0 Å². The zero-order valence-corrected chi connectivity index (χ0v) is 23.3. The molecule has 0 aromatic heterocycles. The smallest absolute Gasteiger partial charge is 0.326 e. The number of carboxylic acids is 1. The van der Waals surface area contributed by atoms with Crippen LogP contribution in [0.25, 0.3) is 0 Å². The SMILES string of the molecule is O=C(O)[C@H](Cc1ccccc1)NC(=O)[C@@H]1CS[C@H](c2ccccc2O)N1C(=O)CCSSC[C@@H]1CCCO1. The quantitative estimate of drug-likeness (QED) is 0.254. The van der Waals surface area contributed by atoms with Crippen LogP contribution in [0.5, 0.6) is 5.75 Å². The monoisotopic (exact) mass is 576 g/mol. The van der Waals surface area contributed by atoms with Crippen LogP contribution in [-0.4, -0.2) is 74.9 Å². The number of nitrogens with zero attached hydrogens (tertiary/aromatic N) is 1. The molecule has 8 nitrogen and oxygen atoms in total. The fourth-order valence-corrected chi connectivity index (χ4v) is 8.20. The van der Waals surface area contributed by atoms with Crippen molar-refractivity contribution in [3.63, 3.8) is 0 Å². The van der Waals surface area contributed by atoms with Crippen LogP contribution in [-0.2, 0) is 25.5 Å². The largest absolute Gasteiger partial charge is 0.508 e. The molecule has 0 unspecified atom stereocenters. The molecule has 0 aliphatic carbocycles. The predicted octanol–water partition coefficient (Wildman–Crippen LogP) is 4.10. The number of carbonyl (C=O) groups is 3. The van der Waals surface area contributed by atoms with Gasteiger partial charge in [-0.05, 0) is 24.5 Å². The molecular formula is C27H32N2O6S3. The second kappa shape index (κ2) is 14.2. The molecule has 2 aromatic carbocycles. The molecule has 11 heteroatoms. The minimum absolute atomic E-state index is 0.0536. The van der Waals surface area contributed by atoms with Gasteiger partial charge in [-0.2, -0.15) is 0 Å². The molecule has 2 aromatic rings. The molecule has 2 heterocycles. The van der Waals surface area contributed by atoms with E-state index in [9.17, 15) is 24.6 Å². The van der Waals surface area contributed by atoms with Gasteiger partial charge in [0.2, 0.25) is 11.8 Å². The van der Waals surface area contributed by atoms with Gasteiger partial charge < -0.3 is 25.2 Å². The van der Waals surface area contributed by atoms with Crippen LogP contribution < -0.4 is 5.32 Å². The highest BCUT2D eigenvalue weighted by Crippen LogP contribution is 2.45. The van der Waals surface area contributed by atoms with Crippen molar-refractivity contribution in [2.24, 2.45) is 0 Å². The van der Waals surface area contributed by atoms with Crippen molar-refractivity contribution in [2.75, 3.05) is 23.9 Å². The van der Waals surface area contributed by atoms with Gasteiger partial charge in [-0.15, -0.1) is 11.8 Å². The Morgan fingerprint density at radius 3 is 2.58 bits per heavy atom. The van der Waals surface area contributed by atoms with Crippen LogP contribution in [0.15, 0.2) is 54.6 Å². The second-order valence-electron chi connectivity index (χ2n) is 9.14. The zero-order chi connectivity index (χ0) is 26.9. The number of ether oxygens (including phenoxy) is 1. The number of aliphatic carboxylic acids is 1. The number of thioether (sulfide) groups is 1. The van der Waals surface area contributed by atoms with Gasteiger partial charge in [-0.1, -0.05) is 70.1 Å². The first-order valence-corrected chi connectivity index (χ1v) is 16.1. The summed E-state index contributed by atoms with van der Waals surface area (Å²) in [5.74, 6) is -0.0428. The number of para-hydroxylation sites is 1. The molecule has 4 atom stereocenters. The highest BCUT2D eigenvalue weighted by molar-refractivity contribution is 8.76. The van der Waals surface area contributed by atoms with Crippen LogP contribution in [0.1, 0.15) is 35.8 Å². The van der Waals surface area contributed by atoms with Gasteiger partial charge in [-0.25, -0.2) is 4.79 Å². The summed E-state index contributed by atoms with van der Waals surface area (Å²) in [6.45, 7) is 0.812. The number of hydrogen-bond donors (Lipinski definition) is 3. The highest BCUT2D eigenvalue weighted by Gasteiger charge is 2.43. The van der Waals surface area contributed by atoms with Crippen LogP contribution in [0, 0.1) is 0 Å². The van der Waals surface area contributed by atoms with Crippen molar-refractivity contribution in [1.82, 2.24) is 10.2 Å². The summed E-state index contributed by atoms with van der Waals surface area (Å²) in [5, 5.41) is 22.4. The maximum atomic E-state index is 13.5. The summed E-state index contributed by atoms with van der Waals surface area (Å²) < 4.78 is 5.64. The lowest BCUT2D eigenvalue weighted by molar-refractivity contribution is -0.144. The van der Waals surface area contributed by atoms with E-state index in [1.54, 1.807) is 45.9 Å². The molecule has 2 amide bonds. The third kappa shape index (κ3) is 7.62. The lowest BCUT2D eigenvalue weighted by Crippen LogP contribution is -2.52. The molecule has 0 radical (unpaired) electrons. The summed E-state index contributed by atoms with van der Waals surface area (Å²) >= 11 is 1.39. The summed E-state index contributed by atoms with van der Waals surface area (Å²) in [5.41, 5.74) is 1.35. The van der Waals surface area contributed by atoms with E-state index < -0.39 is 29.3 Å². The number of carbonyl (C=O) groups excluding carboxylic acids is 2. The number of nitrogens with one attached hydrogen (secondary N) is 1. The Hall–Kier alpha value is -2.34. The first-order chi connectivity index (χ1) is 18.4. The van der Waals surface area contributed by atoms with Crippen LogP contribution in [0.3, 0.4) is 0 Å². The van der Waals surface area contributed by atoms with Crippen molar-refractivity contribution >= 4 is 51.1 Å². The Balaban J connectivity index is 1.43. The maximum absolute atomic E-state index is 13.5. The molecule has 2 aliphatic rings. The van der Waals surface area contributed by atoms with Gasteiger partial charge in [0.15, 0.2) is 0 Å². The summed E-state index contributed by atoms with van der Waals surface area (Å²) in [6, 6.07) is 13.9. The molecule has 0 spiro atoms. The number of phenols is 1. The van der Waals surface area contributed by atoms with Gasteiger partial charge >= 0.3 is 5.97 Å². The molecule has 2 saturated heterocycles. The summed E-state index contributed by atoms with van der Waals surface area (Å²) in [7, 11) is 3.29.